The topological polar surface area (TPSA) is 94.2 Å². The van der Waals surface area contributed by atoms with Crippen molar-refractivity contribution in [3.05, 3.63) is 42.0 Å². The first-order valence-corrected chi connectivity index (χ1v) is 10.7. The van der Waals surface area contributed by atoms with Gasteiger partial charge in [0.2, 0.25) is 22.7 Å². The molecular weight excluding hydrogens is 396 g/mol. The number of sulfonamides is 1. The summed E-state index contributed by atoms with van der Waals surface area (Å²) in [5.41, 5.74) is 1.45. The number of nitrogens with one attached hydrogen (secondary N) is 1. The molecule has 2 aliphatic rings. The fourth-order valence-corrected chi connectivity index (χ4v) is 4.75. The first-order chi connectivity index (χ1) is 13.9. The minimum atomic E-state index is -3.67. The van der Waals surface area contributed by atoms with Gasteiger partial charge in [0.05, 0.1) is 12.0 Å². The Bertz CT molecular complexity index is 1050. The number of hydrogen-bond acceptors (Lipinski definition) is 6. The summed E-state index contributed by atoms with van der Waals surface area (Å²) in [7, 11) is -2.14. The van der Waals surface area contributed by atoms with Gasteiger partial charge in [-0.05, 0) is 48.7 Å². The number of amides is 1. The van der Waals surface area contributed by atoms with Crippen LogP contribution in [0.1, 0.15) is 12.0 Å². The smallest absolute Gasteiger partial charge is 0.240 e. The third kappa shape index (κ3) is 3.88. The Hall–Kier alpha value is -2.78. The molecule has 154 valence electrons. The van der Waals surface area contributed by atoms with Crippen molar-refractivity contribution in [1.29, 1.82) is 0 Å². The summed E-state index contributed by atoms with van der Waals surface area (Å²) in [6.07, 6.45) is 0.276. The van der Waals surface area contributed by atoms with E-state index < -0.39 is 10.0 Å². The molecule has 0 bridgehead atoms. The van der Waals surface area contributed by atoms with E-state index in [1.54, 1.807) is 42.2 Å². The van der Waals surface area contributed by atoms with Crippen molar-refractivity contribution in [2.24, 2.45) is 5.92 Å². The van der Waals surface area contributed by atoms with Crippen LogP contribution in [0.3, 0.4) is 0 Å². The highest BCUT2D eigenvalue weighted by molar-refractivity contribution is 7.89. The minimum absolute atomic E-state index is 0.0478. The van der Waals surface area contributed by atoms with Crippen molar-refractivity contribution in [2.45, 2.75) is 18.2 Å². The van der Waals surface area contributed by atoms with Crippen LogP contribution in [0.5, 0.6) is 17.2 Å². The van der Waals surface area contributed by atoms with Crippen molar-refractivity contribution in [1.82, 2.24) is 4.72 Å². The van der Waals surface area contributed by atoms with Crippen LogP contribution in [-0.4, -0.2) is 41.3 Å². The molecule has 0 spiro atoms. The third-order valence-corrected chi connectivity index (χ3v) is 6.53. The number of anilines is 1. The highest BCUT2D eigenvalue weighted by atomic mass is 32.2. The van der Waals surface area contributed by atoms with Gasteiger partial charge in [0, 0.05) is 31.3 Å². The molecule has 0 saturated carbocycles. The lowest BCUT2D eigenvalue weighted by atomic mass is 10.1. The fourth-order valence-electron chi connectivity index (χ4n) is 3.55. The molecule has 0 unspecified atom stereocenters. The molecule has 1 atom stereocenters. The Morgan fingerprint density at radius 3 is 2.72 bits per heavy atom. The van der Waals surface area contributed by atoms with Crippen LogP contribution in [0, 0.1) is 12.8 Å². The first kappa shape index (κ1) is 19.5. The minimum Gasteiger partial charge on any atom is -0.496 e. The summed E-state index contributed by atoms with van der Waals surface area (Å²) in [6, 6.07) is 10.1. The van der Waals surface area contributed by atoms with Gasteiger partial charge < -0.3 is 19.1 Å². The second-order valence-corrected chi connectivity index (χ2v) is 8.86. The predicted octanol–water partition coefficient (Wildman–Crippen LogP) is 2.06. The van der Waals surface area contributed by atoms with Crippen molar-refractivity contribution in [3.8, 4) is 17.2 Å². The summed E-state index contributed by atoms with van der Waals surface area (Å²) in [5, 5.41) is 0. The SMILES string of the molecule is COc1ccc(S(=O)(=O)NC[C@H]2CC(=O)N(c3ccc4c(c3)OCO4)C2)cc1C. The van der Waals surface area contributed by atoms with E-state index in [4.69, 9.17) is 14.2 Å². The van der Waals surface area contributed by atoms with Gasteiger partial charge in [0.25, 0.3) is 0 Å². The Morgan fingerprint density at radius 1 is 1.17 bits per heavy atom. The lowest BCUT2D eigenvalue weighted by Crippen LogP contribution is -2.31. The van der Waals surface area contributed by atoms with Crippen molar-refractivity contribution in [3.63, 3.8) is 0 Å². The van der Waals surface area contributed by atoms with E-state index in [0.717, 1.165) is 11.3 Å². The van der Waals surface area contributed by atoms with Crippen LogP contribution in [0.4, 0.5) is 5.69 Å². The molecule has 2 aromatic rings. The summed E-state index contributed by atoms with van der Waals surface area (Å²) in [6.45, 7) is 2.57. The van der Waals surface area contributed by atoms with Crippen LogP contribution in [0.15, 0.2) is 41.3 Å². The van der Waals surface area contributed by atoms with Crippen LogP contribution in [0.25, 0.3) is 0 Å². The van der Waals surface area contributed by atoms with Crippen molar-refractivity contribution >= 4 is 21.6 Å². The van der Waals surface area contributed by atoms with Crippen molar-refractivity contribution < 1.29 is 27.4 Å². The number of rotatable bonds is 6. The Kier molecular flexibility index (Phi) is 5.10. The van der Waals surface area contributed by atoms with Crippen LogP contribution < -0.4 is 23.8 Å². The van der Waals surface area contributed by atoms with Gasteiger partial charge in [-0.25, -0.2) is 13.1 Å². The zero-order chi connectivity index (χ0) is 20.6. The molecule has 2 aliphatic heterocycles. The molecule has 8 nitrogen and oxygen atoms in total. The molecule has 1 fully saturated rings. The van der Waals surface area contributed by atoms with E-state index in [1.165, 1.54) is 13.2 Å². The highest BCUT2D eigenvalue weighted by Crippen LogP contribution is 2.37. The molecule has 1 amide bonds. The molecule has 9 heteroatoms. The Labute approximate surface area is 169 Å². The van der Waals surface area contributed by atoms with E-state index in [0.29, 0.717) is 23.8 Å². The molecule has 1 saturated heterocycles. The van der Waals surface area contributed by atoms with Gasteiger partial charge in [0.15, 0.2) is 11.5 Å². The largest absolute Gasteiger partial charge is 0.496 e. The zero-order valence-corrected chi connectivity index (χ0v) is 17.0. The number of carbonyl (C=O) groups is 1. The van der Waals surface area contributed by atoms with E-state index >= 15 is 0 Å². The lowest BCUT2D eigenvalue weighted by molar-refractivity contribution is -0.117. The average Bonchev–Trinajstić information content (AvgIpc) is 3.32. The maximum Gasteiger partial charge on any atom is 0.240 e. The number of nitrogens with zero attached hydrogens (tertiary/aromatic N) is 1. The fraction of sp³-hybridized carbons (Fsp3) is 0.350. The molecule has 29 heavy (non-hydrogen) atoms. The first-order valence-electron chi connectivity index (χ1n) is 9.22. The van der Waals surface area contributed by atoms with E-state index in [1.807, 2.05) is 0 Å². The Morgan fingerprint density at radius 2 is 1.97 bits per heavy atom. The maximum atomic E-state index is 12.6. The lowest BCUT2D eigenvalue weighted by Gasteiger charge is -2.17. The number of carbonyl (C=O) groups excluding carboxylic acids is 1. The molecule has 2 heterocycles. The van der Waals surface area contributed by atoms with Gasteiger partial charge in [-0.2, -0.15) is 0 Å². The van der Waals surface area contributed by atoms with Crippen LogP contribution in [-0.2, 0) is 14.8 Å². The number of benzene rings is 2. The molecule has 0 radical (unpaired) electrons. The van der Waals surface area contributed by atoms with Gasteiger partial charge in [0.1, 0.15) is 5.75 Å². The van der Waals surface area contributed by atoms with Gasteiger partial charge >= 0.3 is 0 Å². The molecule has 0 aromatic heterocycles. The number of ether oxygens (including phenoxy) is 3. The number of methoxy groups -OCH3 is 1. The number of aryl methyl sites for hydroxylation is 1. The monoisotopic (exact) mass is 418 g/mol. The number of hydrogen-bond donors (Lipinski definition) is 1. The number of fused-ring (bicyclic) bond motifs is 1. The quantitative estimate of drug-likeness (QED) is 0.772. The van der Waals surface area contributed by atoms with Gasteiger partial charge in [-0.3, -0.25) is 4.79 Å². The maximum absolute atomic E-state index is 12.6. The molecule has 1 N–H and O–H groups in total. The predicted molar refractivity (Wildman–Crippen MR) is 106 cm³/mol. The van der Waals surface area contributed by atoms with E-state index in [9.17, 15) is 13.2 Å². The molecule has 4 rings (SSSR count). The summed E-state index contributed by atoms with van der Waals surface area (Å²) in [5.74, 6) is 1.72. The standard InChI is InChI=1S/C20H22N2O6S/c1-13-7-16(4-6-17(13)26-2)29(24,25)21-10-14-8-20(23)22(11-14)15-3-5-18-19(9-15)28-12-27-18/h3-7,9,14,21H,8,10-12H2,1-2H3/t14-/m1/s1. The van der Waals surface area contributed by atoms with E-state index in [2.05, 4.69) is 4.72 Å². The average molecular weight is 418 g/mol. The Balaban J connectivity index is 1.42. The summed E-state index contributed by atoms with van der Waals surface area (Å²) < 4.78 is 43.7. The normalized spacial score (nSPS) is 18.3. The van der Waals surface area contributed by atoms with Crippen LogP contribution >= 0.6 is 0 Å². The summed E-state index contributed by atoms with van der Waals surface area (Å²) in [4.78, 5) is 14.3. The molecule has 2 aromatic carbocycles. The summed E-state index contributed by atoms with van der Waals surface area (Å²) >= 11 is 0. The van der Waals surface area contributed by atoms with Gasteiger partial charge in [-0.15, -0.1) is 0 Å². The molecule has 0 aliphatic carbocycles. The zero-order valence-electron chi connectivity index (χ0n) is 16.2. The third-order valence-electron chi connectivity index (χ3n) is 5.11. The molecular formula is C20H22N2O6S. The van der Waals surface area contributed by atoms with E-state index in [-0.39, 0.29) is 36.5 Å². The van der Waals surface area contributed by atoms with Gasteiger partial charge in [-0.1, -0.05) is 0 Å². The van der Waals surface area contributed by atoms with Crippen LogP contribution in [0.2, 0.25) is 0 Å². The van der Waals surface area contributed by atoms with Crippen molar-refractivity contribution in [2.75, 3.05) is 31.9 Å². The highest BCUT2D eigenvalue weighted by Gasteiger charge is 2.32. The second kappa shape index (κ2) is 7.57. The second-order valence-electron chi connectivity index (χ2n) is 7.10.